The van der Waals surface area contributed by atoms with Gasteiger partial charge in [-0.1, -0.05) is 30.3 Å². The summed E-state index contributed by atoms with van der Waals surface area (Å²) < 4.78 is 1.82. The molecule has 0 spiro atoms. The van der Waals surface area contributed by atoms with E-state index in [4.69, 9.17) is 0 Å². The predicted molar refractivity (Wildman–Crippen MR) is 113 cm³/mol. The Kier molecular flexibility index (Phi) is 6.94. The molecule has 3 aromatic rings. The fraction of sp³-hybridized carbons (Fsp3) is 0.238. The van der Waals surface area contributed by atoms with Crippen molar-refractivity contribution < 1.29 is 4.92 Å². The van der Waals surface area contributed by atoms with E-state index in [9.17, 15) is 10.1 Å². The summed E-state index contributed by atoms with van der Waals surface area (Å²) in [7, 11) is 0. The van der Waals surface area contributed by atoms with E-state index < -0.39 is 0 Å². The number of rotatable bonds is 8. The quantitative estimate of drug-likeness (QED) is 0.266. The molecule has 8 heteroatoms. The Bertz CT molecular complexity index is 952. The molecule has 0 amide bonds. The van der Waals surface area contributed by atoms with E-state index in [2.05, 4.69) is 32.9 Å². The zero-order valence-corrected chi connectivity index (χ0v) is 16.3. The van der Waals surface area contributed by atoms with Crippen LogP contribution in [0.4, 0.5) is 5.69 Å². The molecule has 150 valence electrons. The first-order valence-corrected chi connectivity index (χ1v) is 9.51. The Morgan fingerprint density at radius 3 is 2.62 bits per heavy atom. The highest BCUT2D eigenvalue weighted by Gasteiger charge is 2.11. The van der Waals surface area contributed by atoms with E-state index in [1.807, 2.05) is 36.0 Å². The van der Waals surface area contributed by atoms with Crippen molar-refractivity contribution in [3.05, 3.63) is 88.2 Å². The molecule has 2 aromatic carbocycles. The Morgan fingerprint density at radius 1 is 1.14 bits per heavy atom. The number of nitrogens with one attached hydrogen (secondary N) is 2. The third-order valence-corrected chi connectivity index (χ3v) is 4.35. The number of hydrogen-bond acceptors (Lipinski definition) is 4. The number of nitro benzene ring substituents is 1. The van der Waals surface area contributed by atoms with Crippen LogP contribution in [0, 0.1) is 10.1 Å². The molecule has 29 heavy (non-hydrogen) atoms. The maximum atomic E-state index is 11.1. The van der Waals surface area contributed by atoms with E-state index in [1.165, 1.54) is 11.6 Å². The maximum absolute atomic E-state index is 11.1. The van der Waals surface area contributed by atoms with Crippen molar-refractivity contribution in [2.75, 3.05) is 13.1 Å². The van der Waals surface area contributed by atoms with Crippen molar-refractivity contribution in [3.63, 3.8) is 0 Å². The van der Waals surface area contributed by atoms with E-state index in [-0.39, 0.29) is 17.2 Å². The van der Waals surface area contributed by atoms with Gasteiger partial charge in [0, 0.05) is 31.5 Å². The SMILES string of the molecule is CCNC(=NCc1ccccc1[N+](=O)[O-])NCCc1ccc(-n2cccn2)cc1. The van der Waals surface area contributed by atoms with Crippen molar-refractivity contribution >= 4 is 11.6 Å². The zero-order valence-electron chi connectivity index (χ0n) is 16.3. The molecule has 0 aliphatic rings. The lowest BCUT2D eigenvalue weighted by atomic mass is 10.1. The first-order chi connectivity index (χ1) is 14.2. The molecule has 0 bridgehead atoms. The summed E-state index contributed by atoms with van der Waals surface area (Å²) in [5.41, 5.74) is 2.89. The summed E-state index contributed by atoms with van der Waals surface area (Å²) >= 11 is 0. The van der Waals surface area contributed by atoms with Crippen molar-refractivity contribution in [1.82, 2.24) is 20.4 Å². The molecule has 0 saturated carbocycles. The topological polar surface area (TPSA) is 97.4 Å². The van der Waals surface area contributed by atoms with Crippen LogP contribution >= 0.6 is 0 Å². The van der Waals surface area contributed by atoms with E-state index in [0.29, 0.717) is 24.6 Å². The highest BCUT2D eigenvalue weighted by atomic mass is 16.6. The van der Waals surface area contributed by atoms with Crippen LogP contribution in [0.2, 0.25) is 0 Å². The largest absolute Gasteiger partial charge is 0.357 e. The van der Waals surface area contributed by atoms with Gasteiger partial charge in [-0.05, 0) is 37.1 Å². The van der Waals surface area contributed by atoms with E-state index in [0.717, 1.165) is 12.1 Å². The summed E-state index contributed by atoms with van der Waals surface area (Å²) in [6, 6.07) is 16.8. The van der Waals surface area contributed by atoms with Gasteiger partial charge >= 0.3 is 0 Å². The minimum atomic E-state index is -0.377. The number of benzene rings is 2. The van der Waals surface area contributed by atoms with Gasteiger partial charge in [0.1, 0.15) is 0 Å². The van der Waals surface area contributed by atoms with Gasteiger partial charge in [0.15, 0.2) is 5.96 Å². The van der Waals surface area contributed by atoms with Crippen LogP contribution < -0.4 is 10.6 Å². The summed E-state index contributed by atoms with van der Waals surface area (Å²) in [4.78, 5) is 15.2. The van der Waals surface area contributed by atoms with Gasteiger partial charge in [-0.25, -0.2) is 9.67 Å². The highest BCUT2D eigenvalue weighted by molar-refractivity contribution is 5.79. The normalized spacial score (nSPS) is 11.3. The second kappa shape index (κ2) is 10.0. The van der Waals surface area contributed by atoms with Gasteiger partial charge in [0.05, 0.1) is 22.7 Å². The average Bonchev–Trinajstić information content (AvgIpc) is 3.27. The molecule has 0 atom stereocenters. The first-order valence-electron chi connectivity index (χ1n) is 9.51. The van der Waals surface area contributed by atoms with Gasteiger partial charge in [-0.3, -0.25) is 10.1 Å². The van der Waals surface area contributed by atoms with Crippen LogP contribution in [0.3, 0.4) is 0 Å². The van der Waals surface area contributed by atoms with Crippen LogP contribution in [0.5, 0.6) is 0 Å². The Hall–Kier alpha value is -3.68. The molecule has 8 nitrogen and oxygen atoms in total. The lowest BCUT2D eigenvalue weighted by molar-refractivity contribution is -0.385. The smallest absolute Gasteiger partial charge is 0.274 e. The Balaban J connectivity index is 1.57. The number of guanidine groups is 1. The molecule has 0 aliphatic heterocycles. The molecular weight excluding hydrogens is 368 g/mol. The molecule has 1 aromatic heterocycles. The van der Waals surface area contributed by atoms with Gasteiger partial charge in [-0.15, -0.1) is 0 Å². The lowest BCUT2D eigenvalue weighted by Crippen LogP contribution is -2.38. The molecule has 0 radical (unpaired) electrons. The van der Waals surface area contributed by atoms with Gasteiger partial charge in [0.2, 0.25) is 0 Å². The van der Waals surface area contributed by atoms with Crippen LogP contribution in [-0.4, -0.2) is 33.8 Å². The number of aromatic nitrogens is 2. The molecule has 1 heterocycles. The third kappa shape index (κ3) is 5.65. The second-order valence-corrected chi connectivity index (χ2v) is 6.37. The maximum Gasteiger partial charge on any atom is 0.274 e. The number of para-hydroxylation sites is 1. The Morgan fingerprint density at radius 2 is 1.93 bits per heavy atom. The summed E-state index contributed by atoms with van der Waals surface area (Å²) in [5.74, 6) is 0.638. The monoisotopic (exact) mass is 392 g/mol. The van der Waals surface area contributed by atoms with Gasteiger partial charge in [-0.2, -0.15) is 5.10 Å². The molecule has 0 unspecified atom stereocenters. The van der Waals surface area contributed by atoms with E-state index >= 15 is 0 Å². The van der Waals surface area contributed by atoms with Crippen LogP contribution in [-0.2, 0) is 13.0 Å². The lowest BCUT2D eigenvalue weighted by Gasteiger charge is -2.11. The van der Waals surface area contributed by atoms with E-state index in [1.54, 1.807) is 24.4 Å². The molecule has 2 N–H and O–H groups in total. The predicted octanol–water partition coefficient (Wildman–Crippen LogP) is 3.08. The number of aliphatic imine (C=N–C) groups is 1. The summed E-state index contributed by atoms with van der Waals surface area (Å²) in [6.45, 7) is 3.63. The van der Waals surface area contributed by atoms with Crippen molar-refractivity contribution in [2.45, 2.75) is 19.9 Å². The summed E-state index contributed by atoms with van der Waals surface area (Å²) in [5, 5.41) is 21.8. The minimum absolute atomic E-state index is 0.0874. The summed E-state index contributed by atoms with van der Waals surface area (Å²) in [6.07, 6.45) is 4.49. The third-order valence-electron chi connectivity index (χ3n) is 4.35. The fourth-order valence-electron chi connectivity index (χ4n) is 2.89. The number of nitro groups is 1. The number of nitrogens with zero attached hydrogens (tertiary/aromatic N) is 4. The zero-order chi connectivity index (χ0) is 20.5. The first kappa shape index (κ1) is 20.1. The standard InChI is InChI=1S/C21H24N6O2/c1-2-22-21(24-16-18-6-3-4-7-20(18)27(28)29)23-14-12-17-8-10-19(11-9-17)26-15-5-13-25-26/h3-11,13,15H,2,12,14,16H2,1H3,(H2,22,23,24). The average molecular weight is 392 g/mol. The van der Waals surface area contributed by atoms with Gasteiger partial charge in [0.25, 0.3) is 5.69 Å². The number of hydrogen-bond donors (Lipinski definition) is 2. The molecule has 0 saturated heterocycles. The molecule has 0 aliphatic carbocycles. The Labute approximate surface area is 169 Å². The van der Waals surface area contributed by atoms with Crippen LogP contribution in [0.15, 0.2) is 72.0 Å². The fourth-order valence-corrected chi connectivity index (χ4v) is 2.89. The minimum Gasteiger partial charge on any atom is -0.357 e. The van der Waals surface area contributed by atoms with Gasteiger partial charge < -0.3 is 10.6 Å². The van der Waals surface area contributed by atoms with Crippen molar-refractivity contribution in [1.29, 1.82) is 0 Å². The molecular formula is C21H24N6O2. The highest BCUT2D eigenvalue weighted by Crippen LogP contribution is 2.18. The van der Waals surface area contributed by atoms with Crippen molar-refractivity contribution in [2.24, 2.45) is 4.99 Å². The molecule has 0 fully saturated rings. The van der Waals surface area contributed by atoms with Crippen molar-refractivity contribution in [3.8, 4) is 5.69 Å². The second-order valence-electron chi connectivity index (χ2n) is 6.37. The molecule has 3 rings (SSSR count). The van der Waals surface area contributed by atoms with Crippen LogP contribution in [0.25, 0.3) is 5.69 Å². The van der Waals surface area contributed by atoms with Crippen LogP contribution in [0.1, 0.15) is 18.1 Å².